The Balaban J connectivity index is 0.00000441. The fraction of sp³-hybridized carbons (Fsp3) is 0.467. The number of benzene rings is 1. The van der Waals surface area contributed by atoms with Crippen LogP contribution in [0.5, 0.6) is 0 Å². The molecule has 0 radical (unpaired) electrons. The van der Waals surface area contributed by atoms with Crippen LogP contribution in [0, 0.1) is 5.92 Å². The third-order valence-corrected chi connectivity index (χ3v) is 3.72. The average molecular weight is 393 g/mol. The fourth-order valence-corrected chi connectivity index (χ4v) is 1.98. The predicted molar refractivity (Wildman–Crippen MR) is 93.8 cm³/mol. The van der Waals surface area contributed by atoms with E-state index in [9.17, 15) is 9.59 Å². The second kappa shape index (κ2) is 9.82. The third-order valence-electron chi connectivity index (χ3n) is 3.19. The number of carbonyl (C=O) groups is 2. The summed E-state index contributed by atoms with van der Waals surface area (Å²) in [7, 11) is 0. The van der Waals surface area contributed by atoms with Crippen molar-refractivity contribution >= 4 is 40.2 Å². The lowest BCUT2D eigenvalue weighted by atomic mass is 10.1. The Morgan fingerprint density at radius 3 is 2.23 bits per heavy atom. The van der Waals surface area contributed by atoms with Crippen LogP contribution < -0.4 is 16.4 Å². The number of nitrogens with one attached hydrogen (secondary N) is 2. The topological polar surface area (TPSA) is 84.2 Å². The number of nitrogens with two attached hydrogens (primary N) is 1. The molecule has 0 aliphatic rings. The Hall–Kier alpha value is -1.11. The maximum absolute atomic E-state index is 11.8. The molecule has 0 fully saturated rings. The van der Waals surface area contributed by atoms with Crippen LogP contribution in [-0.4, -0.2) is 24.4 Å². The Labute approximate surface area is 145 Å². The Morgan fingerprint density at radius 2 is 1.73 bits per heavy atom. The second-order valence-corrected chi connectivity index (χ2v) is 6.24. The van der Waals surface area contributed by atoms with E-state index in [1.165, 1.54) is 0 Å². The van der Waals surface area contributed by atoms with Gasteiger partial charge in [-0.2, -0.15) is 0 Å². The first kappa shape index (κ1) is 20.9. The van der Waals surface area contributed by atoms with Crippen LogP contribution >= 0.6 is 28.3 Å². The first-order valence-corrected chi connectivity index (χ1v) is 7.68. The molecule has 1 unspecified atom stereocenters. The summed E-state index contributed by atoms with van der Waals surface area (Å²) in [5.74, 6) is -0.513. The Morgan fingerprint density at radius 1 is 1.18 bits per heavy atom. The largest absolute Gasteiger partial charge is 0.348 e. The van der Waals surface area contributed by atoms with Crippen molar-refractivity contribution < 1.29 is 9.59 Å². The van der Waals surface area contributed by atoms with Gasteiger partial charge in [0, 0.05) is 4.47 Å². The van der Waals surface area contributed by atoms with Crippen molar-refractivity contribution in [1.29, 1.82) is 0 Å². The van der Waals surface area contributed by atoms with E-state index in [-0.39, 0.29) is 42.7 Å². The van der Waals surface area contributed by atoms with E-state index in [1.807, 2.05) is 45.0 Å². The van der Waals surface area contributed by atoms with Gasteiger partial charge < -0.3 is 16.4 Å². The monoisotopic (exact) mass is 391 g/mol. The number of rotatable bonds is 6. The molecule has 5 nitrogen and oxygen atoms in total. The molecule has 0 aliphatic carbocycles. The zero-order valence-electron chi connectivity index (χ0n) is 12.9. The van der Waals surface area contributed by atoms with E-state index in [2.05, 4.69) is 26.6 Å². The maximum Gasteiger partial charge on any atom is 0.239 e. The van der Waals surface area contributed by atoms with E-state index in [0.29, 0.717) is 0 Å². The minimum absolute atomic E-state index is 0. The highest BCUT2D eigenvalue weighted by Crippen LogP contribution is 2.16. The van der Waals surface area contributed by atoms with Gasteiger partial charge >= 0.3 is 0 Å². The van der Waals surface area contributed by atoms with Gasteiger partial charge in [0.05, 0.1) is 18.6 Å². The summed E-state index contributed by atoms with van der Waals surface area (Å²) in [5.41, 5.74) is 6.70. The van der Waals surface area contributed by atoms with Crippen LogP contribution in [0.25, 0.3) is 0 Å². The summed E-state index contributed by atoms with van der Waals surface area (Å²) in [4.78, 5) is 23.5. The van der Waals surface area contributed by atoms with E-state index in [1.54, 1.807) is 0 Å². The number of halogens is 2. The summed E-state index contributed by atoms with van der Waals surface area (Å²) in [6, 6.07) is 6.98. The van der Waals surface area contributed by atoms with Crippen molar-refractivity contribution in [1.82, 2.24) is 10.6 Å². The molecule has 1 rings (SSSR count). The zero-order chi connectivity index (χ0) is 16.0. The van der Waals surface area contributed by atoms with Crippen LogP contribution in [-0.2, 0) is 9.59 Å². The van der Waals surface area contributed by atoms with Crippen LogP contribution in [0.3, 0.4) is 0 Å². The fourth-order valence-electron chi connectivity index (χ4n) is 1.72. The molecule has 7 heteroatoms. The first-order chi connectivity index (χ1) is 9.81. The standard InChI is InChI=1S/C15H22BrN3O2.ClH/c1-9(2)14(17)15(21)18-8-13(20)19-10(3)11-4-6-12(16)7-5-11;/h4-7,9-10,14H,8,17H2,1-3H3,(H,18,21)(H,19,20);1H/t10?,14-;/m0./s1. The van der Waals surface area contributed by atoms with Crippen molar-refractivity contribution in [2.45, 2.75) is 32.9 Å². The normalized spacial score (nSPS) is 13.0. The van der Waals surface area contributed by atoms with Crippen LogP contribution in [0.1, 0.15) is 32.4 Å². The van der Waals surface area contributed by atoms with Crippen LogP contribution in [0.15, 0.2) is 28.7 Å². The van der Waals surface area contributed by atoms with Gasteiger partial charge in [-0.1, -0.05) is 41.9 Å². The van der Waals surface area contributed by atoms with Gasteiger partial charge in [0.15, 0.2) is 0 Å². The molecule has 0 saturated heterocycles. The average Bonchev–Trinajstić information content (AvgIpc) is 2.44. The molecule has 0 spiro atoms. The maximum atomic E-state index is 11.8. The molecule has 0 aliphatic heterocycles. The number of hydrogen-bond acceptors (Lipinski definition) is 3. The van der Waals surface area contributed by atoms with Gasteiger partial charge in [0.2, 0.25) is 11.8 Å². The van der Waals surface area contributed by atoms with E-state index >= 15 is 0 Å². The first-order valence-electron chi connectivity index (χ1n) is 6.89. The highest BCUT2D eigenvalue weighted by atomic mass is 79.9. The highest BCUT2D eigenvalue weighted by Gasteiger charge is 2.18. The molecule has 1 aromatic rings. The SMILES string of the molecule is CC(NC(=O)CNC(=O)[C@@H](N)C(C)C)c1ccc(Br)cc1.Cl. The van der Waals surface area contributed by atoms with Crippen molar-refractivity contribution in [2.24, 2.45) is 11.7 Å². The lowest BCUT2D eigenvalue weighted by Gasteiger charge is -2.17. The molecule has 0 aromatic heterocycles. The minimum atomic E-state index is -0.596. The molecular weight excluding hydrogens is 370 g/mol. The highest BCUT2D eigenvalue weighted by molar-refractivity contribution is 9.10. The summed E-state index contributed by atoms with van der Waals surface area (Å²) in [6.07, 6.45) is 0. The molecule has 0 saturated carbocycles. The van der Waals surface area contributed by atoms with Gasteiger partial charge in [0.25, 0.3) is 0 Å². The summed E-state index contributed by atoms with van der Waals surface area (Å²) >= 11 is 3.36. The smallest absolute Gasteiger partial charge is 0.239 e. The lowest BCUT2D eigenvalue weighted by molar-refractivity contribution is -0.127. The molecule has 22 heavy (non-hydrogen) atoms. The van der Waals surface area contributed by atoms with Gasteiger partial charge in [0.1, 0.15) is 0 Å². The number of carbonyl (C=O) groups excluding carboxylic acids is 2. The summed E-state index contributed by atoms with van der Waals surface area (Å²) in [6.45, 7) is 5.54. The van der Waals surface area contributed by atoms with Crippen molar-refractivity contribution in [3.05, 3.63) is 34.3 Å². The molecule has 1 aromatic carbocycles. The van der Waals surface area contributed by atoms with E-state index in [4.69, 9.17) is 5.73 Å². The van der Waals surface area contributed by atoms with Gasteiger partial charge in [-0.05, 0) is 30.5 Å². The summed E-state index contributed by atoms with van der Waals surface area (Å²) in [5, 5.41) is 5.38. The molecule has 4 N–H and O–H groups in total. The zero-order valence-corrected chi connectivity index (χ0v) is 15.3. The molecule has 2 atom stereocenters. The van der Waals surface area contributed by atoms with Gasteiger partial charge in [-0.3, -0.25) is 9.59 Å². The second-order valence-electron chi connectivity index (χ2n) is 5.33. The van der Waals surface area contributed by atoms with Gasteiger partial charge in [-0.25, -0.2) is 0 Å². The molecule has 2 amide bonds. The predicted octanol–water partition coefficient (Wildman–Crippen LogP) is 2.15. The van der Waals surface area contributed by atoms with Crippen LogP contribution in [0.2, 0.25) is 0 Å². The molecule has 124 valence electrons. The van der Waals surface area contributed by atoms with Crippen molar-refractivity contribution in [3.8, 4) is 0 Å². The van der Waals surface area contributed by atoms with Gasteiger partial charge in [-0.15, -0.1) is 12.4 Å². The molecular formula is C15H23BrClN3O2. The number of amides is 2. The Bertz CT molecular complexity index is 494. The van der Waals surface area contributed by atoms with Crippen molar-refractivity contribution in [2.75, 3.05) is 6.54 Å². The quantitative estimate of drug-likeness (QED) is 0.693. The van der Waals surface area contributed by atoms with E-state index in [0.717, 1.165) is 10.0 Å². The van der Waals surface area contributed by atoms with E-state index < -0.39 is 6.04 Å². The molecule has 0 heterocycles. The lowest BCUT2D eigenvalue weighted by Crippen LogP contribution is -2.47. The third kappa shape index (κ3) is 6.77. The summed E-state index contributed by atoms with van der Waals surface area (Å²) < 4.78 is 0.986. The van der Waals surface area contributed by atoms with Crippen LogP contribution in [0.4, 0.5) is 0 Å². The Kier molecular flexibility index (Phi) is 9.32. The van der Waals surface area contributed by atoms with Crippen molar-refractivity contribution in [3.63, 3.8) is 0 Å². The number of hydrogen-bond donors (Lipinski definition) is 3. The minimum Gasteiger partial charge on any atom is -0.348 e. The molecule has 0 bridgehead atoms.